The second kappa shape index (κ2) is 8.80. The van der Waals surface area contributed by atoms with Gasteiger partial charge in [-0.25, -0.2) is 26.3 Å². The van der Waals surface area contributed by atoms with Crippen molar-refractivity contribution in [3.05, 3.63) is 29.8 Å². The predicted molar refractivity (Wildman–Crippen MR) is 94.9 cm³/mol. The van der Waals surface area contributed by atoms with Gasteiger partial charge in [-0.05, 0) is 45.4 Å². The van der Waals surface area contributed by atoms with E-state index in [9.17, 15) is 16.8 Å². The molecule has 0 amide bonds. The maximum atomic E-state index is 11.7. The summed E-state index contributed by atoms with van der Waals surface area (Å²) in [4.78, 5) is 0. The lowest BCUT2D eigenvalue weighted by Gasteiger charge is -2.11. The van der Waals surface area contributed by atoms with Crippen LogP contribution in [0.2, 0.25) is 0 Å². The van der Waals surface area contributed by atoms with Crippen LogP contribution >= 0.6 is 0 Å². The van der Waals surface area contributed by atoms with Crippen molar-refractivity contribution in [2.45, 2.75) is 44.7 Å². The van der Waals surface area contributed by atoms with Gasteiger partial charge in [0.25, 0.3) is 0 Å². The Morgan fingerprint density at radius 2 is 1.38 bits per heavy atom. The van der Waals surface area contributed by atoms with Crippen LogP contribution in [0.4, 0.5) is 0 Å². The van der Waals surface area contributed by atoms with E-state index in [1.807, 2.05) is 0 Å². The molecule has 0 aromatic heterocycles. The summed E-state index contributed by atoms with van der Waals surface area (Å²) in [6.45, 7) is 7.07. The molecule has 9 heteroatoms. The summed E-state index contributed by atoms with van der Waals surface area (Å²) in [7, 11) is -6.57. The minimum absolute atomic E-state index is 0.191. The summed E-state index contributed by atoms with van der Waals surface area (Å²) in [5.74, 6) is 0.592. The van der Waals surface area contributed by atoms with Gasteiger partial charge < -0.3 is 4.74 Å². The predicted octanol–water partition coefficient (Wildman–Crippen LogP) is 1.22. The van der Waals surface area contributed by atoms with Crippen molar-refractivity contribution in [1.29, 1.82) is 0 Å². The molecule has 0 fully saturated rings. The van der Waals surface area contributed by atoms with E-state index in [1.54, 1.807) is 52.0 Å². The number of rotatable bonds is 10. The standard InChI is InChI=1S/C15H26N2O5S2/c1-12(2)23(18,19)16-9-10-22-15-7-5-14(6-8-15)11-17-24(20,21)13(3)4/h5-8,12-13,16-17H,9-11H2,1-4H3. The highest BCUT2D eigenvalue weighted by atomic mass is 32.2. The van der Waals surface area contributed by atoms with Crippen LogP contribution in [0.3, 0.4) is 0 Å². The van der Waals surface area contributed by atoms with Crippen LogP contribution in [0.25, 0.3) is 0 Å². The zero-order chi connectivity index (χ0) is 18.4. The van der Waals surface area contributed by atoms with Gasteiger partial charge in [0.15, 0.2) is 0 Å². The van der Waals surface area contributed by atoms with E-state index in [1.165, 1.54) is 0 Å². The summed E-state index contributed by atoms with van der Waals surface area (Å²) in [6.07, 6.45) is 0. The van der Waals surface area contributed by atoms with Crippen molar-refractivity contribution in [2.75, 3.05) is 13.2 Å². The molecule has 0 unspecified atom stereocenters. The molecule has 0 aliphatic carbocycles. The number of hydrogen-bond acceptors (Lipinski definition) is 5. The third-order valence-corrected chi connectivity index (χ3v) is 6.95. The van der Waals surface area contributed by atoms with Gasteiger partial charge in [0, 0.05) is 13.1 Å². The lowest BCUT2D eigenvalue weighted by Crippen LogP contribution is -2.33. The van der Waals surface area contributed by atoms with Crippen molar-refractivity contribution in [3.63, 3.8) is 0 Å². The highest BCUT2D eigenvalue weighted by molar-refractivity contribution is 7.90. The van der Waals surface area contributed by atoms with Crippen LogP contribution in [0, 0.1) is 0 Å². The van der Waals surface area contributed by atoms with Crippen LogP contribution in [-0.2, 0) is 26.6 Å². The lowest BCUT2D eigenvalue weighted by molar-refractivity contribution is 0.322. The fourth-order valence-electron chi connectivity index (χ4n) is 1.57. The molecule has 0 spiro atoms. The molecule has 0 radical (unpaired) electrons. The number of hydrogen-bond donors (Lipinski definition) is 2. The second-order valence-electron chi connectivity index (χ2n) is 5.90. The first-order valence-corrected chi connectivity index (χ1v) is 10.8. The van der Waals surface area contributed by atoms with Gasteiger partial charge in [0.1, 0.15) is 12.4 Å². The molecule has 1 aromatic rings. The van der Waals surface area contributed by atoms with E-state index in [4.69, 9.17) is 4.74 Å². The van der Waals surface area contributed by atoms with Crippen LogP contribution in [0.15, 0.2) is 24.3 Å². The summed E-state index contributed by atoms with van der Waals surface area (Å²) in [5.41, 5.74) is 0.812. The van der Waals surface area contributed by atoms with E-state index >= 15 is 0 Å². The summed E-state index contributed by atoms with van der Waals surface area (Å²) >= 11 is 0. The SMILES string of the molecule is CC(C)S(=O)(=O)NCCOc1ccc(CNS(=O)(=O)C(C)C)cc1. The van der Waals surface area contributed by atoms with Crippen LogP contribution in [-0.4, -0.2) is 40.5 Å². The van der Waals surface area contributed by atoms with Crippen molar-refractivity contribution in [2.24, 2.45) is 0 Å². The number of sulfonamides is 2. The monoisotopic (exact) mass is 378 g/mol. The second-order valence-corrected chi connectivity index (χ2v) is 10.5. The van der Waals surface area contributed by atoms with E-state index in [0.29, 0.717) is 5.75 Å². The first-order valence-electron chi connectivity index (χ1n) is 7.73. The van der Waals surface area contributed by atoms with Gasteiger partial charge in [-0.3, -0.25) is 0 Å². The zero-order valence-corrected chi connectivity index (χ0v) is 16.1. The quantitative estimate of drug-likeness (QED) is 0.596. The van der Waals surface area contributed by atoms with Crippen molar-refractivity contribution in [3.8, 4) is 5.75 Å². The van der Waals surface area contributed by atoms with Gasteiger partial charge in [0.05, 0.1) is 10.5 Å². The first-order chi connectivity index (χ1) is 11.0. The molecule has 0 atom stereocenters. The minimum atomic E-state index is -3.29. The molecule has 2 N–H and O–H groups in total. The Balaban J connectivity index is 2.43. The molecule has 1 aromatic carbocycles. The summed E-state index contributed by atoms with van der Waals surface area (Å²) in [6, 6.07) is 6.96. The van der Waals surface area contributed by atoms with Gasteiger partial charge in [-0.1, -0.05) is 12.1 Å². The molecule has 0 heterocycles. The summed E-state index contributed by atoms with van der Waals surface area (Å²) < 4.78 is 56.9. The number of nitrogens with one attached hydrogen (secondary N) is 2. The van der Waals surface area contributed by atoms with Crippen molar-refractivity contribution < 1.29 is 21.6 Å². The fourth-order valence-corrected chi connectivity index (χ4v) is 2.98. The van der Waals surface area contributed by atoms with Gasteiger partial charge in [-0.2, -0.15) is 0 Å². The lowest BCUT2D eigenvalue weighted by atomic mass is 10.2. The summed E-state index contributed by atoms with van der Waals surface area (Å²) in [5, 5.41) is -0.957. The van der Waals surface area contributed by atoms with E-state index in [0.717, 1.165) is 5.56 Å². The molecule has 24 heavy (non-hydrogen) atoms. The molecular formula is C15H26N2O5S2. The minimum Gasteiger partial charge on any atom is -0.492 e. The van der Waals surface area contributed by atoms with E-state index < -0.39 is 30.5 Å². The molecule has 1 rings (SSSR count). The first kappa shape index (κ1) is 20.9. The van der Waals surface area contributed by atoms with E-state index in [2.05, 4.69) is 9.44 Å². The third kappa shape index (κ3) is 6.76. The van der Waals surface area contributed by atoms with Crippen LogP contribution < -0.4 is 14.2 Å². The molecule has 0 aliphatic rings. The smallest absolute Gasteiger partial charge is 0.214 e. The Morgan fingerprint density at radius 1 is 0.875 bits per heavy atom. The van der Waals surface area contributed by atoms with Crippen molar-refractivity contribution >= 4 is 20.0 Å². The molecule has 138 valence electrons. The Morgan fingerprint density at radius 3 is 1.88 bits per heavy atom. The van der Waals surface area contributed by atoms with Crippen molar-refractivity contribution in [1.82, 2.24) is 9.44 Å². The van der Waals surface area contributed by atoms with E-state index in [-0.39, 0.29) is 19.7 Å². The average molecular weight is 379 g/mol. The third-order valence-electron chi connectivity index (χ3n) is 3.32. The fraction of sp³-hybridized carbons (Fsp3) is 0.600. The molecule has 0 bridgehead atoms. The highest BCUT2D eigenvalue weighted by Gasteiger charge is 2.15. The topological polar surface area (TPSA) is 102 Å². The maximum absolute atomic E-state index is 11.7. The Bertz CT molecular complexity index is 711. The number of benzene rings is 1. The van der Waals surface area contributed by atoms with Gasteiger partial charge >= 0.3 is 0 Å². The van der Waals surface area contributed by atoms with Crippen LogP contribution in [0.5, 0.6) is 5.75 Å². The molecule has 0 saturated carbocycles. The molecular weight excluding hydrogens is 352 g/mol. The van der Waals surface area contributed by atoms with Gasteiger partial charge in [-0.15, -0.1) is 0 Å². The molecule has 0 aliphatic heterocycles. The number of ether oxygens (including phenoxy) is 1. The molecule has 0 saturated heterocycles. The largest absolute Gasteiger partial charge is 0.492 e. The van der Waals surface area contributed by atoms with Gasteiger partial charge in [0.2, 0.25) is 20.0 Å². The Labute approximate surface area is 144 Å². The average Bonchev–Trinajstić information content (AvgIpc) is 2.50. The highest BCUT2D eigenvalue weighted by Crippen LogP contribution is 2.12. The zero-order valence-electron chi connectivity index (χ0n) is 14.4. The normalized spacial score (nSPS) is 12.8. The molecule has 7 nitrogen and oxygen atoms in total. The van der Waals surface area contributed by atoms with Crippen LogP contribution in [0.1, 0.15) is 33.3 Å². The Hall–Kier alpha value is -1.16. The Kier molecular flexibility index (Phi) is 7.65. The maximum Gasteiger partial charge on any atom is 0.214 e.